The number of alkyl halides is 27. The van der Waals surface area contributed by atoms with E-state index in [-0.39, 0.29) is 22.3 Å². The van der Waals surface area contributed by atoms with E-state index < -0.39 is 178 Å². The Morgan fingerprint density at radius 2 is 0.412 bits per heavy atom. The van der Waals surface area contributed by atoms with E-state index in [1.54, 1.807) is 0 Å². The van der Waals surface area contributed by atoms with Crippen molar-refractivity contribution < 1.29 is 154 Å². The van der Waals surface area contributed by atoms with Crippen molar-refractivity contribution in [2.75, 3.05) is 0 Å². The Kier molecular flexibility index (Phi) is 21.5. The SMILES string of the molecule is O=S(=O)(OI(c1ccc(-c2ccc(S(OS(=O)(=O)C(F)(F)C(F)(F)C(F)(F)C(F)(F)F)(c3ccccc3)c3ccccc3)cc2)cc1)c1ccc(-c2ccc(S(OS(=O)(=O)C(F)(F)C(F)(F)C(F)(F)C(F)(F)F)(c3ccccc3)c3ccccc3)cc2)cc1)C(F)(F)C(F)(F)C(F)(F)C(F)(F)F. The Hall–Kier alpha value is -6.97. The van der Waals surface area contributed by atoms with Crippen LogP contribution in [-0.4, -0.2) is 95.1 Å². The van der Waals surface area contributed by atoms with Gasteiger partial charge in [-0.25, -0.2) is 0 Å². The Bertz CT molecular complexity index is 4310. The van der Waals surface area contributed by atoms with Crippen LogP contribution in [0.3, 0.4) is 0 Å². The summed E-state index contributed by atoms with van der Waals surface area (Å²) in [5.74, 6) is -46.7. The zero-order chi connectivity index (χ0) is 76.6. The van der Waals surface area contributed by atoms with Crippen molar-refractivity contribution in [1.82, 2.24) is 0 Å². The van der Waals surface area contributed by atoms with E-state index in [4.69, 9.17) is 7.26 Å². The molecule has 42 heteroatoms. The first-order valence-electron chi connectivity index (χ1n) is 27.0. The molecule has 0 aliphatic carbocycles. The fraction of sp³-hybridized carbons (Fsp3) is 0.200. The molecular weight excluding hydrogens is 1660 g/mol. The monoisotopic (exact) mass is 1700 g/mol. The molecule has 556 valence electrons. The Morgan fingerprint density at radius 1 is 0.225 bits per heavy atom. The summed E-state index contributed by atoms with van der Waals surface area (Å²) in [4.78, 5) is -3.42. The van der Waals surface area contributed by atoms with Gasteiger partial charge in [0.25, 0.3) is 0 Å². The van der Waals surface area contributed by atoms with Gasteiger partial charge in [0.1, 0.15) is 0 Å². The molecule has 0 saturated heterocycles. The van der Waals surface area contributed by atoms with Crippen LogP contribution in [0.5, 0.6) is 0 Å². The van der Waals surface area contributed by atoms with Crippen LogP contribution < -0.4 is 0 Å². The van der Waals surface area contributed by atoms with E-state index in [2.05, 4.69) is 2.51 Å². The predicted octanol–water partition coefficient (Wildman–Crippen LogP) is 21.2. The molecule has 0 radical (unpaired) electrons. The standard InChI is InChI=1S/C60H36F27IO9S5/c61-49(62,55(73,74)75)52(67,68)58(82,83)100(89,90)95-88(41-29-21-37(22-30-41)39-25-33-47(34-26-39)98(43-13-5-1-6-14-43,44-15-7-2-8-16-44)96-101(91,92)59(84,85)53(69,70)50(63,64)56(76,77)78)42-31-23-38(24-32-42)40-27-35-48(36-28-40)99(45-17-9-3-10-18-45,46-19-11-4-12-20-46)97-102(93,94)60(86,87)54(71,72)51(65,66)57(79,80)81/h1-36H. The maximum absolute atomic E-state index is 15.5. The number of rotatable bonds is 25. The number of halogens is 28. The summed E-state index contributed by atoms with van der Waals surface area (Å²) in [6, 6.07) is 34.9. The van der Waals surface area contributed by atoms with Gasteiger partial charge in [-0.15, -0.1) is 0 Å². The maximum atomic E-state index is 15.5. The fourth-order valence-electron chi connectivity index (χ4n) is 8.92. The van der Waals surface area contributed by atoms with Gasteiger partial charge in [0.15, 0.2) is 0 Å². The summed E-state index contributed by atoms with van der Waals surface area (Å²) in [6.07, 6.45) is -22.6. The van der Waals surface area contributed by atoms with Crippen molar-refractivity contribution in [2.45, 2.75) is 99.2 Å². The topological polar surface area (TPSA) is 130 Å². The molecule has 0 fully saturated rings. The normalized spacial score (nSPS) is 14.9. The van der Waals surface area contributed by atoms with Crippen molar-refractivity contribution in [3.8, 4) is 22.3 Å². The molecule has 0 aliphatic rings. The quantitative estimate of drug-likeness (QED) is 0.0405. The summed E-state index contributed by atoms with van der Waals surface area (Å²) in [5, 5.41) is -22.3. The van der Waals surface area contributed by atoms with Crippen LogP contribution in [0.4, 0.5) is 119 Å². The summed E-state index contributed by atoms with van der Waals surface area (Å²) in [5.41, 5.74) is -0.694. The first-order chi connectivity index (χ1) is 46.5. The summed E-state index contributed by atoms with van der Waals surface area (Å²) < 4.78 is 479. The molecule has 0 heterocycles. The molecule has 8 aromatic carbocycles. The molecule has 8 aromatic rings. The second-order valence-corrected chi connectivity index (χ2v) is 36.2. The van der Waals surface area contributed by atoms with Crippen molar-refractivity contribution in [1.29, 1.82) is 0 Å². The predicted molar refractivity (Wildman–Crippen MR) is 318 cm³/mol. The van der Waals surface area contributed by atoms with E-state index in [9.17, 15) is 117 Å². The van der Waals surface area contributed by atoms with E-state index in [0.29, 0.717) is 0 Å². The second kappa shape index (κ2) is 27.2. The zero-order valence-electron chi connectivity index (χ0n) is 49.1. The molecule has 0 bridgehead atoms. The van der Waals surface area contributed by atoms with Crippen molar-refractivity contribution in [3.63, 3.8) is 0 Å². The summed E-state index contributed by atoms with van der Waals surface area (Å²) in [6.45, 7) is 0. The van der Waals surface area contributed by atoms with Crippen LogP contribution in [0.25, 0.3) is 22.3 Å². The van der Waals surface area contributed by atoms with Crippen LogP contribution >= 0.6 is 40.9 Å². The van der Waals surface area contributed by atoms with Crippen molar-refractivity contribution >= 4 is 71.2 Å². The summed E-state index contributed by atoms with van der Waals surface area (Å²) in [7, 11) is -32.4. The minimum absolute atomic E-state index is 0.168. The molecule has 8 rings (SSSR count). The van der Waals surface area contributed by atoms with Gasteiger partial charge in [0, 0.05) is 0 Å². The van der Waals surface area contributed by atoms with Crippen LogP contribution in [0.15, 0.2) is 248 Å². The van der Waals surface area contributed by atoms with Gasteiger partial charge in [0.2, 0.25) is 0 Å². The van der Waals surface area contributed by atoms with Crippen LogP contribution in [-0.2, 0) is 40.1 Å². The molecule has 0 unspecified atom stereocenters. The van der Waals surface area contributed by atoms with E-state index in [0.717, 1.165) is 194 Å². The second-order valence-electron chi connectivity index (χ2n) is 20.7. The molecule has 102 heavy (non-hydrogen) atoms. The van der Waals surface area contributed by atoms with Crippen LogP contribution in [0.1, 0.15) is 0 Å². The van der Waals surface area contributed by atoms with Crippen LogP contribution in [0.2, 0.25) is 0 Å². The molecule has 0 saturated carbocycles. The molecule has 0 atom stereocenters. The van der Waals surface area contributed by atoms with Gasteiger partial charge < -0.3 is 0 Å². The van der Waals surface area contributed by atoms with E-state index >= 15 is 26.3 Å². The van der Waals surface area contributed by atoms with Gasteiger partial charge in [-0.2, -0.15) is 79.0 Å². The Balaban J connectivity index is 1.22. The number of benzene rings is 8. The molecule has 0 aliphatic heterocycles. The Labute approximate surface area is 568 Å². The molecular formula is C60H36F27IO9S5. The number of hydrogen-bond donors (Lipinski definition) is 0. The van der Waals surface area contributed by atoms with Crippen LogP contribution in [0, 0.1) is 7.14 Å². The first kappa shape index (κ1) is 80.7. The molecule has 9 nitrogen and oxygen atoms in total. The fourth-order valence-corrected chi connectivity index (χ4v) is 26.3. The number of hydrogen-bond acceptors (Lipinski definition) is 9. The van der Waals surface area contributed by atoms with Gasteiger partial charge >= 0.3 is 468 Å². The zero-order valence-corrected chi connectivity index (χ0v) is 55.3. The van der Waals surface area contributed by atoms with E-state index in [1.165, 1.54) is 24.3 Å². The van der Waals surface area contributed by atoms with Crippen molar-refractivity contribution in [2.24, 2.45) is 0 Å². The molecule has 0 spiro atoms. The molecule has 0 amide bonds. The Morgan fingerprint density at radius 3 is 0.618 bits per heavy atom. The third kappa shape index (κ3) is 13.5. The third-order valence-electron chi connectivity index (χ3n) is 14.2. The average Bonchev–Trinajstić information content (AvgIpc) is 0.721. The van der Waals surface area contributed by atoms with E-state index in [1.807, 2.05) is 0 Å². The molecule has 0 N–H and O–H groups in total. The third-order valence-corrected chi connectivity index (χ3v) is 32.1. The van der Waals surface area contributed by atoms with Gasteiger partial charge in [0.05, 0.1) is 0 Å². The average molecular weight is 1700 g/mol. The minimum atomic E-state index is -7.86. The molecule has 0 aromatic heterocycles. The van der Waals surface area contributed by atoms with Crippen molar-refractivity contribution in [3.05, 3.63) is 226 Å². The van der Waals surface area contributed by atoms with Gasteiger partial charge in [-0.1, -0.05) is 24.3 Å². The van der Waals surface area contributed by atoms with Gasteiger partial charge in [-0.05, 0) is 0 Å². The summed E-state index contributed by atoms with van der Waals surface area (Å²) >= 11 is -5.19. The first-order valence-corrected chi connectivity index (χ1v) is 37.4. The van der Waals surface area contributed by atoms with Gasteiger partial charge in [-0.3, -0.25) is 0 Å².